The molecule has 1 saturated carbocycles. The Balaban J connectivity index is 1.82. The van der Waals surface area contributed by atoms with Gasteiger partial charge >= 0.3 is 0 Å². The van der Waals surface area contributed by atoms with Crippen molar-refractivity contribution in [3.63, 3.8) is 0 Å². The number of aromatic nitrogens is 2. The Labute approximate surface area is 161 Å². The van der Waals surface area contributed by atoms with Crippen LogP contribution in [0, 0.1) is 0 Å². The summed E-state index contributed by atoms with van der Waals surface area (Å²) in [5, 5.41) is 1.43. The third kappa shape index (κ3) is 3.29. The predicted octanol–water partition coefficient (Wildman–Crippen LogP) is 4.52. The minimum absolute atomic E-state index is 0.0417. The Bertz CT molecular complexity index is 913. The van der Waals surface area contributed by atoms with Gasteiger partial charge in [0.05, 0.1) is 10.6 Å². The van der Waals surface area contributed by atoms with E-state index in [1.807, 2.05) is 0 Å². The van der Waals surface area contributed by atoms with Gasteiger partial charge in [0.25, 0.3) is 5.56 Å². The summed E-state index contributed by atoms with van der Waals surface area (Å²) in [6, 6.07) is 0. The second kappa shape index (κ2) is 7.69. The largest absolute Gasteiger partial charge is 0.298 e. The van der Waals surface area contributed by atoms with Gasteiger partial charge in [-0.25, -0.2) is 4.98 Å². The van der Waals surface area contributed by atoms with Crippen molar-refractivity contribution in [3.05, 3.63) is 33.4 Å². The number of ketones is 1. The summed E-state index contributed by atoms with van der Waals surface area (Å²) in [7, 11) is 0. The van der Waals surface area contributed by atoms with E-state index < -0.39 is 0 Å². The number of hydrogen-bond donors (Lipinski definition) is 0. The Morgan fingerprint density at radius 1 is 1.15 bits per heavy atom. The van der Waals surface area contributed by atoms with Gasteiger partial charge in [-0.05, 0) is 44.1 Å². The quantitative estimate of drug-likeness (QED) is 0.439. The van der Waals surface area contributed by atoms with Crippen LogP contribution in [0.4, 0.5) is 0 Å². The van der Waals surface area contributed by atoms with Gasteiger partial charge in [-0.3, -0.25) is 14.2 Å². The first-order valence-corrected chi connectivity index (χ1v) is 11.2. The van der Waals surface area contributed by atoms with Crippen LogP contribution >= 0.6 is 23.1 Å². The first-order valence-electron chi connectivity index (χ1n) is 9.54. The van der Waals surface area contributed by atoms with Crippen molar-refractivity contribution >= 4 is 39.1 Å². The topological polar surface area (TPSA) is 52.0 Å². The van der Waals surface area contributed by atoms with Crippen LogP contribution in [0.2, 0.25) is 0 Å². The van der Waals surface area contributed by atoms with E-state index in [-0.39, 0.29) is 10.8 Å². The zero-order valence-electron chi connectivity index (χ0n) is 15.0. The molecule has 0 saturated heterocycles. The summed E-state index contributed by atoms with van der Waals surface area (Å²) in [4.78, 5) is 32.6. The fourth-order valence-corrected chi connectivity index (χ4v) is 6.51. The van der Waals surface area contributed by atoms with Gasteiger partial charge in [-0.15, -0.1) is 17.9 Å². The molecule has 0 N–H and O–H groups in total. The lowest BCUT2D eigenvalue weighted by molar-refractivity contribution is -0.119. The SMILES string of the molecule is C=CCn1c(SC2CCCCC2=O)nc2sc3c(c2c1=O)CCCCC3. The van der Waals surface area contributed by atoms with E-state index in [9.17, 15) is 9.59 Å². The van der Waals surface area contributed by atoms with Gasteiger partial charge in [-0.1, -0.05) is 30.7 Å². The smallest absolute Gasteiger partial charge is 0.263 e. The van der Waals surface area contributed by atoms with Gasteiger partial charge in [-0.2, -0.15) is 0 Å². The maximum atomic E-state index is 13.3. The molecule has 2 aliphatic carbocycles. The van der Waals surface area contributed by atoms with Crippen LogP contribution in [0.5, 0.6) is 0 Å². The van der Waals surface area contributed by atoms with Gasteiger partial charge in [0, 0.05) is 17.8 Å². The predicted molar refractivity (Wildman–Crippen MR) is 108 cm³/mol. The van der Waals surface area contributed by atoms with Crippen molar-refractivity contribution in [2.75, 3.05) is 0 Å². The molecule has 26 heavy (non-hydrogen) atoms. The molecule has 4 rings (SSSR count). The highest BCUT2D eigenvalue weighted by Crippen LogP contribution is 2.36. The third-order valence-corrected chi connectivity index (χ3v) is 7.84. The number of hydrogen-bond acceptors (Lipinski definition) is 5. The van der Waals surface area contributed by atoms with Crippen LogP contribution in [-0.2, 0) is 24.2 Å². The molecular weight excluding hydrogens is 364 g/mol. The number of rotatable bonds is 4. The van der Waals surface area contributed by atoms with E-state index in [2.05, 4.69) is 6.58 Å². The molecule has 0 amide bonds. The van der Waals surface area contributed by atoms with Crippen LogP contribution in [0.1, 0.15) is 55.4 Å². The van der Waals surface area contributed by atoms with Crippen LogP contribution in [0.25, 0.3) is 10.2 Å². The highest BCUT2D eigenvalue weighted by Gasteiger charge is 2.27. The number of thioether (sulfide) groups is 1. The number of nitrogens with zero attached hydrogens (tertiary/aromatic N) is 2. The maximum absolute atomic E-state index is 13.3. The van der Waals surface area contributed by atoms with Gasteiger partial charge in [0.15, 0.2) is 5.16 Å². The van der Waals surface area contributed by atoms with Crippen molar-refractivity contribution < 1.29 is 4.79 Å². The lowest BCUT2D eigenvalue weighted by Crippen LogP contribution is -2.26. The van der Waals surface area contributed by atoms with Gasteiger partial charge in [0.2, 0.25) is 0 Å². The molecule has 1 atom stereocenters. The van der Waals surface area contributed by atoms with Crippen molar-refractivity contribution in [2.45, 2.75) is 74.7 Å². The van der Waals surface area contributed by atoms with E-state index >= 15 is 0 Å². The summed E-state index contributed by atoms with van der Waals surface area (Å²) < 4.78 is 1.72. The second-order valence-electron chi connectivity index (χ2n) is 7.16. The van der Waals surface area contributed by atoms with E-state index in [0.29, 0.717) is 23.9 Å². The van der Waals surface area contributed by atoms with E-state index in [1.54, 1.807) is 22.0 Å². The molecule has 4 nitrogen and oxygen atoms in total. The zero-order chi connectivity index (χ0) is 18.1. The number of thiophene rings is 1. The fourth-order valence-electron chi connectivity index (χ4n) is 3.98. The van der Waals surface area contributed by atoms with Crippen LogP contribution in [-0.4, -0.2) is 20.6 Å². The van der Waals surface area contributed by atoms with Gasteiger partial charge < -0.3 is 0 Å². The molecule has 138 valence electrons. The van der Waals surface area contributed by atoms with Crippen LogP contribution in [0.3, 0.4) is 0 Å². The molecule has 0 aromatic carbocycles. The Hall–Kier alpha value is -1.40. The number of allylic oxidation sites excluding steroid dienone is 1. The first kappa shape index (κ1) is 18.0. The number of fused-ring (bicyclic) bond motifs is 3. The van der Waals surface area contributed by atoms with E-state index in [0.717, 1.165) is 48.7 Å². The number of Topliss-reactive ketones (excluding diaryl/α,β-unsaturated/α-hetero) is 1. The lowest BCUT2D eigenvalue weighted by atomic mass is 9.99. The second-order valence-corrected chi connectivity index (χ2v) is 9.42. The maximum Gasteiger partial charge on any atom is 0.263 e. The molecular formula is C20H24N2O2S2. The third-order valence-electron chi connectivity index (χ3n) is 5.35. The Morgan fingerprint density at radius 3 is 2.77 bits per heavy atom. The lowest BCUT2D eigenvalue weighted by Gasteiger charge is -2.20. The van der Waals surface area contributed by atoms with E-state index in [4.69, 9.17) is 4.98 Å². The molecule has 2 aromatic rings. The summed E-state index contributed by atoms with van der Waals surface area (Å²) >= 11 is 3.16. The average Bonchev–Trinajstić information content (AvgIpc) is 2.81. The molecule has 0 radical (unpaired) electrons. The molecule has 1 unspecified atom stereocenters. The molecule has 2 heterocycles. The highest BCUT2D eigenvalue weighted by atomic mass is 32.2. The summed E-state index contributed by atoms with van der Waals surface area (Å²) in [6.45, 7) is 4.25. The molecule has 6 heteroatoms. The monoisotopic (exact) mass is 388 g/mol. The average molecular weight is 389 g/mol. The number of carbonyl (C=O) groups excluding carboxylic acids is 1. The van der Waals surface area contributed by atoms with Crippen molar-refractivity contribution in [1.82, 2.24) is 9.55 Å². The summed E-state index contributed by atoms with van der Waals surface area (Å²) in [5.74, 6) is 0.294. The molecule has 2 aromatic heterocycles. The van der Waals surface area contributed by atoms with Crippen molar-refractivity contribution in [1.29, 1.82) is 0 Å². The molecule has 2 aliphatic rings. The Kier molecular flexibility index (Phi) is 5.32. The molecule has 0 bridgehead atoms. The normalized spacial score (nSPS) is 20.8. The zero-order valence-corrected chi connectivity index (χ0v) is 16.6. The van der Waals surface area contributed by atoms with Gasteiger partial charge in [0.1, 0.15) is 10.6 Å². The number of aryl methyl sites for hydroxylation is 2. The fraction of sp³-hybridized carbons (Fsp3) is 0.550. The molecule has 1 fully saturated rings. The minimum atomic E-state index is -0.0676. The Morgan fingerprint density at radius 2 is 1.96 bits per heavy atom. The van der Waals surface area contributed by atoms with Crippen molar-refractivity contribution in [3.8, 4) is 0 Å². The van der Waals surface area contributed by atoms with Crippen molar-refractivity contribution in [2.24, 2.45) is 0 Å². The van der Waals surface area contributed by atoms with Crippen LogP contribution < -0.4 is 5.56 Å². The molecule has 0 spiro atoms. The summed E-state index contributed by atoms with van der Waals surface area (Å²) in [5.41, 5.74) is 1.27. The number of carbonyl (C=O) groups is 1. The minimum Gasteiger partial charge on any atom is -0.298 e. The standard InChI is InChI=1S/C20H24N2O2S2/c1-2-12-22-19(24)17-13-8-4-3-5-10-15(13)25-18(17)21-20(22)26-16-11-7-6-9-14(16)23/h2,16H,1,3-12H2. The first-order chi connectivity index (χ1) is 12.7. The van der Waals surface area contributed by atoms with E-state index in [1.165, 1.54) is 35.0 Å². The highest BCUT2D eigenvalue weighted by molar-refractivity contribution is 8.00. The molecule has 0 aliphatic heterocycles. The summed E-state index contributed by atoms with van der Waals surface area (Å²) in [6.07, 6.45) is 10.9. The van der Waals surface area contributed by atoms with Crippen LogP contribution in [0.15, 0.2) is 22.6 Å².